The Hall–Kier alpha value is -1.32. The molecule has 0 aliphatic carbocycles. The molecular formula is C15H20ClN3. The van der Waals surface area contributed by atoms with Gasteiger partial charge in [0.1, 0.15) is 5.82 Å². The maximum Gasteiger partial charge on any atom is 0.125 e. The van der Waals surface area contributed by atoms with E-state index >= 15 is 0 Å². The maximum atomic E-state index is 6.00. The molecule has 1 heterocycles. The molecule has 3 nitrogen and oxygen atoms in total. The molecule has 2 rings (SSSR count). The number of imidazole rings is 1. The van der Waals surface area contributed by atoms with E-state index in [1.165, 1.54) is 5.56 Å². The maximum absolute atomic E-state index is 6.00. The van der Waals surface area contributed by atoms with Crippen molar-refractivity contribution in [3.8, 4) is 0 Å². The van der Waals surface area contributed by atoms with Gasteiger partial charge >= 0.3 is 0 Å². The van der Waals surface area contributed by atoms with Crippen LogP contribution in [0.1, 0.15) is 31.3 Å². The van der Waals surface area contributed by atoms with Gasteiger partial charge in [0.2, 0.25) is 0 Å². The van der Waals surface area contributed by atoms with Crippen molar-refractivity contribution in [1.82, 2.24) is 14.9 Å². The van der Waals surface area contributed by atoms with Gasteiger partial charge in [-0.05, 0) is 38.0 Å². The van der Waals surface area contributed by atoms with Crippen molar-refractivity contribution >= 4 is 11.6 Å². The smallest absolute Gasteiger partial charge is 0.125 e. The summed E-state index contributed by atoms with van der Waals surface area (Å²) >= 11 is 6.00. The Bertz CT molecular complexity index is 536. The van der Waals surface area contributed by atoms with Gasteiger partial charge < -0.3 is 9.88 Å². The fraction of sp³-hybridized carbons (Fsp3) is 0.400. The van der Waals surface area contributed by atoms with E-state index in [-0.39, 0.29) is 6.04 Å². The predicted octanol–water partition coefficient (Wildman–Crippen LogP) is 3.36. The molecule has 0 saturated carbocycles. The molecule has 102 valence electrons. The molecule has 0 aliphatic rings. The lowest BCUT2D eigenvalue weighted by molar-refractivity contribution is 0.453. The standard InChI is InChI=1S/C15H20ClN3/c1-11(9-13-5-4-6-14(16)10-13)18-12(2)15-17-7-8-19(15)3/h4-8,10-12,18H,9H2,1-3H3. The molecule has 2 atom stereocenters. The molecule has 0 fully saturated rings. The number of rotatable bonds is 5. The normalized spacial score (nSPS) is 14.3. The highest BCUT2D eigenvalue weighted by Crippen LogP contribution is 2.14. The van der Waals surface area contributed by atoms with Crippen LogP contribution in [0.25, 0.3) is 0 Å². The van der Waals surface area contributed by atoms with E-state index in [2.05, 4.69) is 30.2 Å². The third kappa shape index (κ3) is 3.82. The third-order valence-corrected chi connectivity index (χ3v) is 3.45. The van der Waals surface area contributed by atoms with Crippen LogP contribution >= 0.6 is 11.6 Å². The van der Waals surface area contributed by atoms with Crippen LogP contribution in [-0.4, -0.2) is 15.6 Å². The lowest BCUT2D eigenvalue weighted by Gasteiger charge is -2.20. The number of hydrogen-bond acceptors (Lipinski definition) is 2. The van der Waals surface area contributed by atoms with E-state index in [0.717, 1.165) is 17.3 Å². The zero-order chi connectivity index (χ0) is 13.8. The van der Waals surface area contributed by atoms with Crippen LogP contribution in [0.4, 0.5) is 0 Å². The summed E-state index contributed by atoms with van der Waals surface area (Å²) in [6.45, 7) is 4.32. The van der Waals surface area contributed by atoms with Gasteiger partial charge in [-0.15, -0.1) is 0 Å². The van der Waals surface area contributed by atoms with Crippen molar-refractivity contribution < 1.29 is 0 Å². The molecule has 0 saturated heterocycles. The van der Waals surface area contributed by atoms with Crippen LogP contribution in [-0.2, 0) is 13.5 Å². The van der Waals surface area contributed by atoms with Gasteiger partial charge in [-0.3, -0.25) is 0 Å². The van der Waals surface area contributed by atoms with Gasteiger partial charge in [0.25, 0.3) is 0 Å². The van der Waals surface area contributed by atoms with Crippen LogP contribution < -0.4 is 5.32 Å². The van der Waals surface area contributed by atoms with Crippen LogP contribution in [0.3, 0.4) is 0 Å². The van der Waals surface area contributed by atoms with Crippen molar-refractivity contribution in [2.24, 2.45) is 7.05 Å². The van der Waals surface area contributed by atoms with E-state index in [1.807, 2.05) is 42.2 Å². The first-order valence-electron chi connectivity index (χ1n) is 6.54. The Kier molecular flexibility index (Phi) is 4.61. The van der Waals surface area contributed by atoms with Crippen molar-refractivity contribution in [2.75, 3.05) is 0 Å². The lowest BCUT2D eigenvalue weighted by atomic mass is 10.1. The van der Waals surface area contributed by atoms with Gasteiger partial charge in [-0.2, -0.15) is 0 Å². The topological polar surface area (TPSA) is 29.9 Å². The van der Waals surface area contributed by atoms with E-state index in [9.17, 15) is 0 Å². The highest BCUT2D eigenvalue weighted by molar-refractivity contribution is 6.30. The molecule has 2 aromatic rings. The highest BCUT2D eigenvalue weighted by atomic mass is 35.5. The number of aryl methyl sites for hydroxylation is 1. The van der Waals surface area contributed by atoms with Crippen molar-refractivity contribution in [3.05, 3.63) is 53.1 Å². The largest absolute Gasteiger partial charge is 0.337 e. The van der Waals surface area contributed by atoms with Crippen molar-refractivity contribution in [3.63, 3.8) is 0 Å². The Morgan fingerprint density at radius 1 is 1.37 bits per heavy atom. The van der Waals surface area contributed by atoms with Crippen molar-refractivity contribution in [2.45, 2.75) is 32.4 Å². The zero-order valence-electron chi connectivity index (χ0n) is 11.6. The predicted molar refractivity (Wildman–Crippen MR) is 79.4 cm³/mol. The Morgan fingerprint density at radius 2 is 2.16 bits per heavy atom. The molecule has 19 heavy (non-hydrogen) atoms. The molecule has 2 unspecified atom stereocenters. The monoisotopic (exact) mass is 277 g/mol. The molecule has 4 heteroatoms. The first-order chi connectivity index (χ1) is 9.06. The molecule has 0 aliphatic heterocycles. The number of nitrogens with one attached hydrogen (secondary N) is 1. The first kappa shape index (κ1) is 14.1. The van der Waals surface area contributed by atoms with E-state index in [1.54, 1.807) is 0 Å². The van der Waals surface area contributed by atoms with Crippen LogP contribution in [0.5, 0.6) is 0 Å². The summed E-state index contributed by atoms with van der Waals surface area (Å²) in [7, 11) is 2.02. The zero-order valence-corrected chi connectivity index (χ0v) is 12.4. The summed E-state index contributed by atoms with van der Waals surface area (Å²) < 4.78 is 2.05. The minimum Gasteiger partial charge on any atom is -0.337 e. The summed E-state index contributed by atoms with van der Waals surface area (Å²) in [5.41, 5.74) is 1.25. The fourth-order valence-electron chi connectivity index (χ4n) is 2.37. The molecular weight excluding hydrogens is 258 g/mol. The highest BCUT2D eigenvalue weighted by Gasteiger charge is 2.13. The molecule has 0 amide bonds. The lowest BCUT2D eigenvalue weighted by Crippen LogP contribution is -2.32. The number of benzene rings is 1. The molecule has 1 N–H and O–H groups in total. The van der Waals surface area contributed by atoms with Gasteiger partial charge in [0.15, 0.2) is 0 Å². The first-order valence-corrected chi connectivity index (χ1v) is 6.91. The fourth-order valence-corrected chi connectivity index (χ4v) is 2.59. The second kappa shape index (κ2) is 6.22. The second-order valence-corrected chi connectivity index (χ2v) is 5.46. The minimum absolute atomic E-state index is 0.231. The third-order valence-electron chi connectivity index (χ3n) is 3.21. The Morgan fingerprint density at radius 3 is 2.79 bits per heavy atom. The van der Waals surface area contributed by atoms with Crippen LogP contribution in [0.15, 0.2) is 36.7 Å². The summed E-state index contributed by atoms with van der Waals surface area (Å²) in [4.78, 5) is 4.37. The minimum atomic E-state index is 0.231. The van der Waals surface area contributed by atoms with Crippen molar-refractivity contribution in [1.29, 1.82) is 0 Å². The molecule has 0 radical (unpaired) electrons. The van der Waals surface area contributed by atoms with E-state index < -0.39 is 0 Å². The second-order valence-electron chi connectivity index (χ2n) is 5.02. The summed E-state index contributed by atoms with van der Waals surface area (Å²) in [5.74, 6) is 1.05. The van der Waals surface area contributed by atoms with Gasteiger partial charge in [0.05, 0.1) is 6.04 Å². The number of nitrogens with zero attached hydrogens (tertiary/aromatic N) is 2. The number of halogens is 1. The molecule has 1 aromatic carbocycles. The molecule has 1 aromatic heterocycles. The van der Waals surface area contributed by atoms with Crippen LogP contribution in [0, 0.1) is 0 Å². The Balaban J connectivity index is 1.94. The van der Waals surface area contributed by atoms with E-state index in [4.69, 9.17) is 11.6 Å². The quantitative estimate of drug-likeness (QED) is 0.908. The number of hydrogen-bond donors (Lipinski definition) is 1. The van der Waals surface area contributed by atoms with Gasteiger partial charge in [0, 0.05) is 30.5 Å². The summed E-state index contributed by atoms with van der Waals surface area (Å²) in [5, 5.41) is 4.36. The average molecular weight is 278 g/mol. The molecule has 0 spiro atoms. The summed E-state index contributed by atoms with van der Waals surface area (Å²) in [6, 6.07) is 8.62. The van der Waals surface area contributed by atoms with Gasteiger partial charge in [-0.25, -0.2) is 4.98 Å². The summed E-state index contributed by atoms with van der Waals surface area (Å²) in [6.07, 6.45) is 4.75. The van der Waals surface area contributed by atoms with Crippen LogP contribution in [0.2, 0.25) is 5.02 Å². The number of aromatic nitrogens is 2. The average Bonchev–Trinajstić information content (AvgIpc) is 2.75. The van der Waals surface area contributed by atoms with Gasteiger partial charge in [-0.1, -0.05) is 23.7 Å². The SMILES string of the molecule is CC(Cc1cccc(Cl)c1)NC(C)c1nccn1C. The molecule has 0 bridgehead atoms. The van der Waals surface area contributed by atoms with E-state index in [0.29, 0.717) is 6.04 Å². The Labute approximate surface area is 119 Å².